The summed E-state index contributed by atoms with van der Waals surface area (Å²) >= 11 is 1.33. The van der Waals surface area contributed by atoms with Crippen LogP contribution in [0.2, 0.25) is 0 Å². The quantitative estimate of drug-likeness (QED) is 0.316. The van der Waals surface area contributed by atoms with E-state index in [2.05, 4.69) is 21.2 Å². The fourth-order valence-electron chi connectivity index (χ4n) is 4.95. The molecule has 2 aliphatic rings. The number of hydrogen-bond acceptors (Lipinski definition) is 6. The number of amidine groups is 1. The molecule has 10 heteroatoms. The van der Waals surface area contributed by atoms with Gasteiger partial charge in [0.05, 0.1) is 17.8 Å². The summed E-state index contributed by atoms with van der Waals surface area (Å²) in [5.74, 6) is 1.86. The molecule has 3 atom stereocenters. The Morgan fingerprint density at radius 2 is 1.95 bits per heavy atom. The molecule has 2 amide bonds. The van der Waals surface area contributed by atoms with Crippen molar-refractivity contribution in [2.75, 3.05) is 26.0 Å². The van der Waals surface area contributed by atoms with Crippen molar-refractivity contribution in [3.05, 3.63) is 64.6 Å². The van der Waals surface area contributed by atoms with Crippen molar-refractivity contribution in [2.45, 2.75) is 71.2 Å². The molecule has 216 valence electrons. The molecule has 1 N–H and O–H groups in total. The monoisotopic (exact) mass is 572 g/mol. The highest BCUT2D eigenvalue weighted by molar-refractivity contribution is 8.13. The predicted octanol–water partition coefficient (Wildman–Crippen LogP) is 5.96. The Kier molecular flexibility index (Phi) is 11.4. The van der Waals surface area contributed by atoms with E-state index in [4.69, 9.17) is 4.74 Å². The summed E-state index contributed by atoms with van der Waals surface area (Å²) in [7, 11) is 1.53. The Hall–Kier alpha value is -3.07. The third-order valence-corrected chi connectivity index (χ3v) is 7.67. The summed E-state index contributed by atoms with van der Waals surface area (Å²) < 4.78 is 34.1. The predicted molar refractivity (Wildman–Crippen MR) is 158 cm³/mol. The maximum atomic E-state index is 14.2. The average molecular weight is 573 g/mol. The van der Waals surface area contributed by atoms with Crippen LogP contribution in [0.15, 0.2) is 57.9 Å². The van der Waals surface area contributed by atoms with Crippen molar-refractivity contribution in [1.82, 2.24) is 10.2 Å². The van der Waals surface area contributed by atoms with Crippen LogP contribution in [0.1, 0.15) is 72.7 Å². The van der Waals surface area contributed by atoms with Crippen LogP contribution in [0.5, 0.6) is 0 Å². The average Bonchev–Trinajstić information content (AvgIpc) is 3.41. The van der Waals surface area contributed by atoms with E-state index in [9.17, 15) is 18.4 Å². The summed E-state index contributed by atoms with van der Waals surface area (Å²) in [6.07, 6.45) is 3.56. The number of amides is 2. The molecule has 0 radical (unpaired) electrons. The number of aliphatic imine (C=N–C) groups is 2. The van der Waals surface area contributed by atoms with Gasteiger partial charge in [0.2, 0.25) is 0 Å². The lowest BCUT2D eigenvalue weighted by Gasteiger charge is -2.39. The largest absolute Gasteiger partial charge is 0.378 e. The lowest BCUT2D eigenvalue weighted by molar-refractivity contribution is 0.0375. The normalized spacial score (nSPS) is 18.5. The van der Waals surface area contributed by atoms with Crippen LogP contribution < -0.4 is 5.32 Å². The summed E-state index contributed by atoms with van der Waals surface area (Å²) in [5, 5.41) is 3.59. The van der Waals surface area contributed by atoms with Crippen LogP contribution >= 0.6 is 11.8 Å². The van der Waals surface area contributed by atoms with Gasteiger partial charge in [-0.1, -0.05) is 31.2 Å². The second-order valence-corrected chi connectivity index (χ2v) is 11.3. The van der Waals surface area contributed by atoms with Crippen LogP contribution in [-0.4, -0.2) is 71.5 Å². The standard InChI is InChI=1S/C30H38F2N4O3S/c1-6-10-36(11-7-2)28(38)23-13-20(3)12-22(16-23)27(37)35-30(4,18-21-14-24(31)17-25(32)15-21)26(39-5)19-40-29-33-8-9-34-29/h8,12-14,16-17,25-26H,6-7,10-11,15,18-19H2,1-5H3,(H,35,37)/t25?,26-,30-/m0/s1. The Labute approximate surface area is 239 Å². The summed E-state index contributed by atoms with van der Waals surface area (Å²) in [5.41, 5.74) is 1.01. The van der Waals surface area contributed by atoms with E-state index >= 15 is 0 Å². The number of methoxy groups -OCH3 is 1. The van der Waals surface area contributed by atoms with E-state index in [1.54, 1.807) is 30.0 Å². The highest BCUT2D eigenvalue weighted by atomic mass is 32.2. The minimum Gasteiger partial charge on any atom is -0.378 e. The second kappa shape index (κ2) is 14.5. The first-order chi connectivity index (χ1) is 19.1. The van der Waals surface area contributed by atoms with Crippen LogP contribution in [0.4, 0.5) is 8.78 Å². The number of aryl methyl sites for hydroxylation is 1. The van der Waals surface area contributed by atoms with Crippen molar-refractivity contribution >= 4 is 34.6 Å². The second-order valence-electron chi connectivity index (χ2n) is 10.3. The van der Waals surface area contributed by atoms with Crippen LogP contribution in [0.25, 0.3) is 0 Å². The fourth-order valence-corrected chi connectivity index (χ4v) is 6.00. The fraction of sp³-hybridized carbons (Fsp3) is 0.500. The van der Waals surface area contributed by atoms with Gasteiger partial charge in [-0.3, -0.25) is 9.59 Å². The smallest absolute Gasteiger partial charge is 0.253 e. The molecule has 0 spiro atoms. The molecule has 7 nitrogen and oxygen atoms in total. The number of allylic oxidation sites excluding steroid dienone is 3. The van der Waals surface area contributed by atoms with E-state index in [0.717, 1.165) is 24.5 Å². The maximum absolute atomic E-state index is 14.2. The van der Waals surface area contributed by atoms with Gasteiger partial charge in [0.25, 0.3) is 11.8 Å². The number of rotatable bonds is 13. The van der Waals surface area contributed by atoms with Crippen molar-refractivity contribution < 1.29 is 23.1 Å². The Morgan fingerprint density at radius 3 is 2.55 bits per heavy atom. The molecule has 0 fully saturated rings. The molecule has 0 saturated carbocycles. The molecular formula is C30H38F2N4O3S. The first-order valence-corrected chi connectivity index (χ1v) is 14.5. The minimum atomic E-state index is -1.44. The van der Waals surface area contributed by atoms with E-state index in [-0.39, 0.29) is 18.7 Å². The Morgan fingerprint density at radius 1 is 1.25 bits per heavy atom. The van der Waals surface area contributed by atoms with Crippen molar-refractivity contribution in [3.63, 3.8) is 0 Å². The van der Waals surface area contributed by atoms with Gasteiger partial charge in [-0.2, -0.15) is 4.99 Å². The van der Waals surface area contributed by atoms with Gasteiger partial charge in [-0.05, 0) is 69.0 Å². The molecule has 1 aromatic carbocycles. The summed E-state index contributed by atoms with van der Waals surface area (Å²) in [6, 6.07) is 5.11. The number of carbonyl (C=O) groups excluding carboxylic acids is 2. The topological polar surface area (TPSA) is 83.4 Å². The van der Waals surface area contributed by atoms with Gasteiger partial charge in [-0.15, -0.1) is 0 Å². The highest BCUT2D eigenvalue weighted by Gasteiger charge is 2.38. The van der Waals surface area contributed by atoms with E-state index in [0.29, 0.717) is 40.7 Å². The van der Waals surface area contributed by atoms with Gasteiger partial charge in [0.1, 0.15) is 12.0 Å². The van der Waals surface area contributed by atoms with E-state index in [1.165, 1.54) is 31.1 Å². The van der Waals surface area contributed by atoms with E-state index < -0.39 is 29.5 Å². The van der Waals surface area contributed by atoms with Crippen LogP contribution in [-0.2, 0) is 4.74 Å². The molecule has 0 saturated heterocycles. The van der Waals surface area contributed by atoms with Gasteiger partial charge in [-0.25, -0.2) is 13.8 Å². The van der Waals surface area contributed by atoms with Gasteiger partial charge in [0.15, 0.2) is 5.17 Å². The molecule has 0 aromatic heterocycles. The zero-order valence-corrected chi connectivity index (χ0v) is 24.6. The first-order valence-electron chi connectivity index (χ1n) is 13.5. The molecule has 0 bridgehead atoms. The molecular weight excluding hydrogens is 534 g/mol. The van der Waals surface area contributed by atoms with Crippen molar-refractivity contribution in [2.24, 2.45) is 9.98 Å². The zero-order chi connectivity index (χ0) is 29.3. The minimum absolute atomic E-state index is 0.0250. The number of ether oxygens (including phenoxy) is 1. The Bertz CT molecular complexity index is 1250. The van der Waals surface area contributed by atoms with Crippen molar-refractivity contribution in [1.29, 1.82) is 0 Å². The number of carbonyl (C=O) groups is 2. The molecule has 1 aliphatic carbocycles. The SMILES string of the molecule is CCCN(CCC)C(=O)c1cc(C)cc(C(=O)N[C@@](C)(CC2=CC(F)=CC(F)C2)[C@H](CSC2=NC=C=N2)OC)c1. The molecule has 1 aromatic rings. The van der Waals surface area contributed by atoms with Gasteiger partial charge in [0, 0.05) is 49.4 Å². The number of hydrogen-bond donors (Lipinski definition) is 1. The molecule has 40 heavy (non-hydrogen) atoms. The molecule has 3 rings (SSSR count). The third-order valence-electron chi connectivity index (χ3n) is 6.75. The lowest BCUT2D eigenvalue weighted by Crippen LogP contribution is -2.56. The number of nitrogens with one attached hydrogen (secondary N) is 1. The molecule has 1 heterocycles. The van der Waals surface area contributed by atoms with Gasteiger partial charge < -0.3 is 15.0 Å². The third kappa shape index (κ3) is 8.46. The van der Waals surface area contributed by atoms with Crippen LogP contribution in [0.3, 0.4) is 0 Å². The summed E-state index contributed by atoms with van der Waals surface area (Å²) in [4.78, 5) is 37.0. The number of thioether (sulfide) groups is 1. The zero-order valence-electron chi connectivity index (χ0n) is 23.8. The number of nitrogens with zero attached hydrogens (tertiary/aromatic N) is 3. The maximum Gasteiger partial charge on any atom is 0.253 e. The highest BCUT2D eigenvalue weighted by Crippen LogP contribution is 2.32. The number of halogens is 2. The lowest BCUT2D eigenvalue weighted by atomic mass is 9.84. The van der Waals surface area contributed by atoms with E-state index in [1.807, 2.05) is 20.8 Å². The summed E-state index contributed by atoms with van der Waals surface area (Å²) in [6.45, 7) is 8.95. The first kappa shape index (κ1) is 31.5. The van der Waals surface area contributed by atoms with Gasteiger partial charge >= 0.3 is 0 Å². The van der Waals surface area contributed by atoms with Crippen LogP contribution in [0, 0.1) is 6.92 Å². The molecule has 1 aliphatic heterocycles. The number of alkyl halides is 1. The van der Waals surface area contributed by atoms with Crippen molar-refractivity contribution in [3.8, 4) is 0 Å². The molecule has 1 unspecified atom stereocenters. The Balaban J connectivity index is 1.90. The number of benzene rings is 1.